The van der Waals surface area contributed by atoms with E-state index in [1.807, 2.05) is 27.7 Å². The number of Topliss-reactive ketones (excluding diaryl/α,β-unsaturated/α-hetero) is 2. The second-order valence-corrected chi connectivity index (χ2v) is 6.85. The number of hydrogen-bond acceptors (Lipinski definition) is 6. The Balaban J connectivity index is 5.47. The van der Waals surface area contributed by atoms with Crippen molar-refractivity contribution in [3.8, 4) is 0 Å². The maximum absolute atomic E-state index is 13.1. The van der Waals surface area contributed by atoms with E-state index < -0.39 is 17.0 Å². The highest BCUT2D eigenvalue weighted by molar-refractivity contribution is 5.93. The van der Waals surface area contributed by atoms with Crippen molar-refractivity contribution in [3.05, 3.63) is 0 Å². The average Bonchev–Trinajstić information content (AvgIpc) is 2.55. The summed E-state index contributed by atoms with van der Waals surface area (Å²) in [6, 6.07) is 0. The summed E-state index contributed by atoms with van der Waals surface area (Å²) < 4.78 is 0. The van der Waals surface area contributed by atoms with Crippen molar-refractivity contribution >= 4 is 17.5 Å². The van der Waals surface area contributed by atoms with Crippen LogP contribution in [0.25, 0.3) is 0 Å². The van der Waals surface area contributed by atoms with Crippen LogP contribution in [0.4, 0.5) is 0 Å². The minimum Gasteiger partial charge on any atom is -0.480 e. The van der Waals surface area contributed by atoms with Gasteiger partial charge in [0.1, 0.15) is 0 Å². The number of nitrogens with zero attached hydrogens (tertiary/aromatic N) is 2. The molecule has 0 aliphatic carbocycles. The molecule has 0 rings (SSSR count). The van der Waals surface area contributed by atoms with Crippen LogP contribution >= 0.6 is 0 Å². The van der Waals surface area contributed by atoms with Crippen LogP contribution in [-0.2, 0) is 14.4 Å². The number of rotatable bonds is 13. The standard InChI is InChI=1S/C18H35N3O4/c1-8-17(4,14(22)11-19-5)20(6)12-15(23)18(9-2,10-3)21(7)13-16(24)25/h19H,8-13H2,1-7H3,(H,24,25). The molecule has 1 unspecified atom stereocenters. The monoisotopic (exact) mass is 357 g/mol. The van der Waals surface area contributed by atoms with E-state index >= 15 is 0 Å². The van der Waals surface area contributed by atoms with E-state index in [1.54, 1.807) is 30.9 Å². The van der Waals surface area contributed by atoms with Crippen molar-refractivity contribution in [2.24, 2.45) is 0 Å². The van der Waals surface area contributed by atoms with Crippen molar-refractivity contribution in [1.29, 1.82) is 0 Å². The summed E-state index contributed by atoms with van der Waals surface area (Å²) in [6.45, 7) is 7.72. The zero-order valence-corrected chi connectivity index (χ0v) is 16.8. The first-order valence-corrected chi connectivity index (χ1v) is 8.91. The number of carbonyl (C=O) groups is 3. The van der Waals surface area contributed by atoms with Crippen LogP contribution < -0.4 is 5.32 Å². The Labute approximate surface area is 151 Å². The number of likely N-dealkylation sites (N-methyl/N-ethyl adjacent to an activating group) is 3. The third-order valence-electron chi connectivity index (χ3n) is 5.64. The Morgan fingerprint density at radius 1 is 0.920 bits per heavy atom. The van der Waals surface area contributed by atoms with E-state index in [4.69, 9.17) is 5.11 Å². The molecule has 0 bridgehead atoms. The second-order valence-electron chi connectivity index (χ2n) is 6.85. The number of carboxylic acids is 1. The Morgan fingerprint density at radius 2 is 1.44 bits per heavy atom. The summed E-state index contributed by atoms with van der Waals surface area (Å²) in [5.41, 5.74) is -1.58. The predicted molar refractivity (Wildman–Crippen MR) is 98.8 cm³/mol. The highest BCUT2D eigenvalue weighted by Gasteiger charge is 2.42. The highest BCUT2D eigenvalue weighted by Crippen LogP contribution is 2.26. The largest absolute Gasteiger partial charge is 0.480 e. The molecule has 0 amide bonds. The van der Waals surface area contributed by atoms with Gasteiger partial charge in [0.2, 0.25) is 0 Å². The first-order valence-electron chi connectivity index (χ1n) is 8.91. The molecule has 25 heavy (non-hydrogen) atoms. The smallest absolute Gasteiger partial charge is 0.317 e. The quantitative estimate of drug-likeness (QED) is 0.508. The van der Waals surface area contributed by atoms with Crippen LogP contribution in [0, 0.1) is 0 Å². The molecule has 0 aromatic rings. The highest BCUT2D eigenvalue weighted by atomic mass is 16.4. The number of carboxylic acid groups (broad SMARTS) is 1. The molecular formula is C18H35N3O4. The van der Waals surface area contributed by atoms with Crippen molar-refractivity contribution in [2.45, 2.75) is 58.0 Å². The molecule has 1 atom stereocenters. The van der Waals surface area contributed by atoms with E-state index in [1.165, 1.54) is 0 Å². The third-order valence-corrected chi connectivity index (χ3v) is 5.64. The molecule has 0 aliphatic heterocycles. The molecule has 0 aliphatic rings. The fraction of sp³-hybridized carbons (Fsp3) is 0.833. The van der Waals surface area contributed by atoms with Gasteiger partial charge in [-0.1, -0.05) is 20.8 Å². The van der Waals surface area contributed by atoms with Gasteiger partial charge in [0, 0.05) is 0 Å². The molecule has 0 radical (unpaired) electrons. The van der Waals surface area contributed by atoms with Gasteiger partial charge in [0.15, 0.2) is 11.6 Å². The second kappa shape index (κ2) is 9.99. The molecule has 146 valence electrons. The van der Waals surface area contributed by atoms with E-state index in [2.05, 4.69) is 5.32 Å². The number of carbonyl (C=O) groups excluding carboxylic acids is 2. The van der Waals surface area contributed by atoms with Crippen LogP contribution in [0.3, 0.4) is 0 Å². The lowest BCUT2D eigenvalue weighted by Gasteiger charge is -2.42. The van der Waals surface area contributed by atoms with Crippen molar-refractivity contribution in [1.82, 2.24) is 15.1 Å². The Hall–Kier alpha value is -1.31. The Kier molecular flexibility index (Phi) is 9.47. The normalized spacial score (nSPS) is 14.6. The molecule has 7 nitrogen and oxygen atoms in total. The van der Waals surface area contributed by atoms with Gasteiger partial charge in [-0.05, 0) is 47.3 Å². The van der Waals surface area contributed by atoms with Gasteiger partial charge >= 0.3 is 5.97 Å². The lowest BCUT2D eigenvalue weighted by atomic mass is 9.84. The number of ketones is 2. The minimum atomic E-state index is -0.961. The molecule has 0 aromatic carbocycles. The first kappa shape index (κ1) is 23.7. The first-order chi connectivity index (χ1) is 11.5. The SMILES string of the molecule is CCC(C)(C(=O)CNC)N(C)CC(=O)C(CC)(CC)N(C)CC(=O)O. The fourth-order valence-electron chi connectivity index (χ4n) is 3.32. The van der Waals surface area contributed by atoms with Gasteiger partial charge in [-0.25, -0.2) is 0 Å². The summed E-state index contributed by atoms with van der Waals surface area (Å²) in [5, 5.41) is 12.0. The maximum atomic E-state index is 13.1. The zero-order valence-electron chi connectivity index (χ0n) is 16.8. The molecule has 0 saturated heterocycles. The molecular weight excluding hydrogens is 322 g/mol. The predicted octanol–water partition coefficient (Wildman–Crippen LogP) is 1.02. The van der Waals surface area contributed by atoms with Gasteiger partial charge < -0.3 is 10.4 Å². The summed E-state index contributed by atoms with van der Waals surface area (Å²) in [4.78, 5) is 40.1. The topological polar surface area (TPSA) is 90.0 Å². The van der Waals surface area contributed by atoms with Gasteiger partial charge in [0.25, 0.3) is 0 Å². The summed E-state index contributed by atoms with van der Waals surface area (Å²) in [5.74, 6) is -0.983. The number of aliphatic carboxylic acids is 1. The Morgan fingerprint density at radius 3 is 1.80 bits per heavy atom. The number of nitrogens with one attached hydrogen (secondary N) is 1. The molecule has 0 aromatic heterocycles. The lowest BCUT2D eigenvalue weighted by molar-refractivity contribution is -0.143. The van der Waals surface area contributed by atoms with Crippen LogP contribution in [0.15, 0.2) is 0 Å². The summed E-state index contributed by atoms with van der Waals surface area (Å²) >= 11 is 0. The van der Waals surface area contributed by atoms with Gasteiger partial charge in [-0.3, -0.25) is 24.2 Å². The van der Waals surface area contributed by atoms with Gasteiger partial charge in [-0.2, -0.15) is 0 Å². The molecule has 0 spiro atoms. The minimum absolute atomic E-state index is 0.0327. The van der Waals surface area contributed by atoms with Crippen LogP contribution in [0.5, 0.6) is 0 Å². The lowest BCUT2D eigenvalue weighted by Crippen LogP contribution is -2.60. The van der Waals surface area contributed by atoms with E-state index in [0.29, 0.717) is 19.3 Å². The fourth-order valence-corrected chi connectivity index (χ4v) is 3.32. The summed E-state index contributed by atoms with van der Waals surface area (Å²) in [7, 11) is 5.17. The number of hydrogen-bond donors (Lipinski definition) is 2. The van der Waals surface area contributed by atoms with Crippen LogP contribution in [0.2, 0.25) is 0 Å². The molecule has 0 saturated carbocycles. The third kappa shape index (κ3) is 5.33. The molecule has 0 fully saturated rings. The van der Waals surface area contributed by atoms with Crippen molar-refractivity contribution in [2.75, 3.05) is 40.8 Å². The van der Waals surface area contributed by atoms with E-state index in [9.17, 15) is 14.4 Å². The Bertz CT molecular complexity index is 477. The van der Waals surface area contributed by atoms with E-state index in [0.717, 1.165) is 0 Å². The zero-order chi connectivity index (χ0) is 19.8. The van der Waals surface area contributed by atoms with Crippen LogP contribution in [0.1, 0.15) is 47.0 Å². The van der Waals surface area contributed by atoms with Crippen molar-refractivity contribution in [3.63, 3.8) is 0 Å². The van der Waals surface area contributed by atoms with Crippen LogP contribution in [-0.4, -0.2) is 84.3 Å². The average molecular weight is 357 g/mol. The molecule has 7 heteroatoms. The molecule has 0 heterocycles. The van der Waals surface area contributed by atoms with Gasteiger partial charge in [-0.15, -0.1) is 0 Å². The maximum Gasteiger partial charge on any atom is 0.317 e. The van der Waals surface area contributed by atoms with Gasteiger partial charge in [0.05, 0.1) is 30.7 Å². The van der Waals surface area contributed by atoms with E-state index in [-0.39, 0.29) is 31.2 Å². The molecule has 2 N–H and O–H groups in total. The summed E-state index contributed by atoms with van der Waals surface area (Å²) in [6.07, 6.45) is 1.63. The van der Waals surface area contributed by atoms with Crippen molar-refractivity contribution < 1.29 is 19.5 Å².